The maximum absolute atomic E-state index is 9.64. The minimum Gasteiger partial charge on any atom is -0.389 e. The Morgan fingerprint density at radius 1 is 1.21 bits per heavy atom. The quantitative estimate of drug-likeness (QED) is 0.692. The Morgan fingerprint density at radius 2 is 1.84 bits per heavy atom. The van der Waals surface area contributed by atoms with Crippen LogP contribution < -0.4 is 5.32 Å². The number of likely N-dealkylation sites (tertiary alicyclic amines) is 1. The van der Waals surface area contributed by atoms with Gasteiger partial charge in [-0.2, -0.15) is 0 Å². The van der Waals surface area contributed by atoms with Crippen LogP contribution >= 0.6 is 0 Å². The molecule has 1 saturated carbocycles. The molecule has 112 valence electrons. The van der Waals surface area contributed by atoms with Gasteiger partial charge in [0.15, 0.2) is 0 Å². The van der Waals surface area contributed by atoms with E-state index in [9.17, 15) is 10.2 Å². The van der Waals surface area contributed by atoms with E-state index in [1.807, 2.05) is 0 Å². The molecule has 0 aromatic carbocycles. The van der Waals surface area contributed by atoms with Crippen molar-refractivity contribution in [1.82, 2.24) is 10.2 Å². The molecule has 1 heterocycles. The lowest BCUT2D eigenvalue weighted by Crippen LogP contribution is -2.45. The second-order valence-corrected chi connectivity index (χ2v) is 7.07. The summed E-state index contributed by atoms with van der Waals surface area (Å²) in [6.07, 6.45) is 2.56. The normalized spacial score (nSPS) is 39.0. The summed E-state index contributed by atoms with van der Waals surface area (Å²) < 4.78 is 0. The summed E-state index contributed by atoms with van der Waals surface area (Å²) in [5, 5.41) is 23.0. The molecular weight excluding hydrogens is 240 g/mol. The molecule has 2 aliphatic rings. The van der Waals surface area contributed by atoms with Crippen molar-refractivity contribution in [2.75, 3.05) is 26.2 Å². The number of hydrogen-bond donors (Lipinski definition) is 3. The highest BCUT2D eigenvalue weighted by Crippen LogP contribution is 2.41. The summed E-state index contributed by atoms with van der Waals surface area (Å²) in [6, 6.07) is 0.558. The molecule has 19 heavy (non-hydrogen) atoms. The van der Waals surface area contributed by atoms with Gasteiger partial charge in [0.05, 0.1) is 12.2 Å². The van der Waals surface area contributed by atoms with Crippen LogP contribution in [0.3, 0.4) is 0 Å². The summed E-state index contributed by atoms with van der Waals surface area (Å²) in [5.74, 6) is 0.638. The third-order valence-corrected chi connectivity index (χ3v) is 4.91. The predicted molar refractivity (Wildman–Crippen MR) is 77.0 cm³/mol. The lowest BCUT2D eigenvalue weighted by atomic mass is 9.84. The Labute approximate surface area is 117 Å². The number of β-amino-alcohol motifs (C(OH)–C–C–N with tert-alkyl or cyclic N) is 2. The van der Waals surface area contributed by atoms with Gasteiger partial charge in [0, 0.05) is 25.7 Å². The van der Waals surface area contributed by atoms with Crippen molar-refractivity contribution < 1.29 is 10.2 Å². The smallest absolute Gasteiger partial charge is 0.0938 e. The molecule has 1 aliphatic carbocycles. The van der Waals surface area contributed by atoms with Gasteiger partial charge >= 0.3 is 0 Å². The van der Waals surface area contributed by atoms with E-state index in [0.717, 1.165) is 13.1 Å². The first kappa shape index (κ1) is 15.2. The highest BCUT2D eigenvalue weighted by atomic mass is 16.3. The highest BCUT2D eigenvalue weighted by Gasteiger charge is 2.43. The van der Waals surface area contributed by atoms with E-state index in [4.69, 9.17) is 0 Å². The number of rotatable bonds is 5. The van der Waals surface area contributed by atoms with Crippen molar-refractivity contribution in [2.45, 2.75) is 58.3 Å². The molecule has 4 atom stereocenters. The SMILES string of the molecule is CCCNC1C(CN2CC(O)C(O)C2)CCC1(C)C. The molecule has 0 aromatic rings. The minimum absolute atomic E-state index is 0.358. The molecule has 0 spiro atoms. The average Bonchev–Trinajstić information content (AvgIpc) is 2.79. The molecule has 0 bridgehead atoms. The molecule has 3 N–H and O–H groups in total. The van der Waals surface area contributed by atoms with Gasteiger partial charge in [-0.1, -0.05) is 20.8 Å². The molecule has 1 saturated heterocycles. The molecule has 0 aromatic heterocycles. The first-order valence-electron chi connectivity index (χ1n) is 7.76. The maximum atomic E-state index is 9.64. The summed E-state index contributed by atoms with van der Waals surface area (Å²) in [7, 11) is 0. The van der Waals surface area contributed by atoms with Gasteiger partial charge in [-0.05, 0) is 37.1 Å². The fourth-order valence-electron chi connectivity index (χ4n) is 3.78. The van der Waals surface area contributed by atoms with Crippen molar-refractivity contribution >= 4 is 0 Å². The fraction of sp³-hybridized carbons (Fsp3) is 1.00. The predicted octanol–water partition coefficient (Wildman–Crippen LogP) is 0.828. The van der Waals surface area contributed by atoms with Crippen molar-refractivity contribution in [3.05, 3.63) is 0 Å². The van der Waals surface area contributed by atoms with Gasteiger partial charge in [0.1, 0.15) is 0 Å². The zero-order chi connectivity index (χ0) is 14.0. The topological polar surface area (TPSA) is 55.7 Å². The maximum Gasteiger partial charge on any atom is 0.0938 e. The van der Waals surface area contributed by atoms with Crippen LogP contribution in [0.2, 0.25) is 0 Å². The highest BCUT2D eigenvalue weighted by molar-refractivity contribution is 4.98. The van der Waals surface area contributed by atoms with E-state index in [2.05, 4.69) is 31.0 Å². The molecule has 1 aliphatic heterocycles. The van der Waals surface area contributed by atoms with Gasteiger partial charge in [0.2, 0.25) is 0 Å². The van der Waals surface area contributed by atoms with E-state index in [1.165, 1.54) is 19.3 Å². The van der Waals surface area contributed by atoms with Crippen LogP contribution in [0.15, 0.2) is 0 Å². The number of nitrogens with zero attached hydrogens (tertiary/aromatic N) is 1. The van der Waals surface area contributed by atoms with E-state index < -0.39 is 12.2 Å². The van der Waals surface area contributed by atoms with E-state index >= 15 is 0 Å². The second-order valence-electron chi connectivity index (χ2n) is 7.07. The van der Waals surface area contributed by atoms with Gasteiger partial charge in [0.25, 0.3) is 0 Å². The van der Waals surface area contributed by atoms with Crippen LogP contribution in [0.1, 0.15) is 40.0 Å². The molecule has 0 radical (unpaired) electrons. The fourth-order valence-corrected chi connectivity index (χ4v) is 3.78. The van der Waals surface area contributed by atoms with Crippen LogP contribution in [0.4, 0.5) is 0 Å². The van der Waals surface area contributed by atoms with Gasteiger partial charge in [-0.25, -0.2) is 0 Å². The van der Waals surface area contributed by atoms with Gasteiger partial charge in [-0.15, -0.1) is 0 Å². The lowest BCUT2D eigenvalue weighted by Gasteiger charge is -2.33. The van der Waals surface area contributed by atoms with Crippen molar-refractivity contribution in [2.24, 2.45) is 11.3 Å². The Bertz CT molecular complexity index is 286. The first-order valence-corrected chi connectivity index (χ1v) is 7.76. The van der Waals surface area contributed by atoms with Crippen molar-refractivity contribution in [3.63, 3.8) is 0 Å². The summed E-state index contributed by atoms with van der Waals surface area (Å²) in [6.45, 7) is 10.2. The van der Waals surface area contributed by atoms with Gasteiger partial charge < -0.3 is 15.5 Å². The van der Waals surface area contributed by atoms with E-state index in [0.29, 0.717) is 30.5 Å². The van der Waals surface area contributed by atoms with Crippen molar-refractivity contribution in [1.29, 1.82) is 0 Å². The number of aliphatic hydroxyl groups excluding tert-OH is 2. The first-order chi connectivity index (χ1) is 8.94. The van der Waals surface area contributed by atoms with Crippen LogP contribution in [-0.4, -0.2) is 59.5 Å². The molecule has 4 nitrogen and oxygen atoms in total. The second kappa shape index (κ2) is 6.08. The van der Waals surface area contributed by atoms with Crippen LogP contribution in [0, 0.1) is 11.3 Å². The molecule has 2 fully saturated rings. The third kappa shape index (κ3) is 3.48. The third-order valence-electron chi connectivity index (χ3n) is 4.91. The number of nitrogens with one attached hydrogen (secondary N) is 1. The molecular formula is C15H30N2O2. The molecule has 2 rings (SSSR count). The molecule has 0 amide bonds. The standard InChI is InChI=1S/C15H30N2O2/c1-4-7-16-14-11(5-6-15(14,2)3)8-17-9-12(18)13(19)10-17/h11-14,16,18-19H,4-10H2,1-3H3. The van der Waals surface area contributed by atoms with Crippen LogP contribution in [0.5, 0.6) is 0 Å². The summed E-state index contributed by atoms with van der Waals surface area (Å²) in [4.78, 5) is 2.22. The Kier molecular flexibility index (Phi) is 4.88. The van der Waals surface area contributed by atoms with Crippen molar-refractivity contribution in [3.8, 4) is 0 Å². The van der Waals surface area contributed by atoms with E-state index in [-0.39, 0.29) is 0 Å². The number of aliphatic hydroxyl groups is 2. The monoisotopic (exact) mass is 270 g/mol. The summed E-state index contributed by atoms with van der Waals surface area (Å²) >= 11 is 0. The zero-order valence-electron chi connectivity index (χ0n) is 12.6. The Balaban J connectivity index is 1.91. The lowest BCUT2D eigenvalue weighted by molar-refractivity contribution is 0.0572. The Hall–Kier alpha value is -0.160. The molecule has 4 unspecified atom stereocenters. The zero-order valence-corrected chi connectivity index (χ0v) is 12.6. The van der Waals surface area contributed by atoms with Crippen LogP contribution in [-0.2, 0) is 0 Å². The largest absolute Gasteiger partial charge is 0.389 e. The van der Waals surface area contributed by atoms with Crippen LogP contribution in [0.25, 0.3) is 0 Å². The van der Waals surface area contributed by atoms with Gasteiger partial charge in [-0.3, -0.25) is 4.90 Å². The molecule has 4 heteroatoms. The minimum atomic E-state index is -0.559. The Morgan fingerprint density at radius 3 is 2.42 bits per heavy atom. The number of hydrogen-bond acceptors (Lipinski definition) is 4. The van der Waals surface area contributed by atoms with E-state index in [1.54, 1.807) is 0 Å². The average molecular weight is 270 g/mol. The summed E-state index contributed by atoms with van der Waals surface area (Å²) in [5.41, 5.74) is 0.358.